The highest BCUT2D eigenvalue weighted by Crippen LogP contribution is 2.29. The van der Waals surface area contributed by atoms with Crippen LogP contribution in [0.25, 0.3) is 11.4 Å². The fourth-order valence-electron chi connectivity index (χ4n) is 3.50. The Balaban J connectivity index is 1.67. The summed E-state index contributed by atoms with van der Waals surface area (Å²) in [6.45, 7) is 9.99. The van der Waals surface area contributed by atoms with E-state index in [1.165, 1.54) is 0 Å². The lowest BCUT2D eigenvalue weighted by atomic mass is 9.98. The Labute approximate surface area is 165 Å². The molecular formula is C21H27N5O2. The summed E-state index contributed by atoms with van der Waals surface area (Å²) in [6.07, 6.45) is 7.18. The zero-order chi connectivity index (χ0) is 20.1. The first-order valence-electron chi connectivity index (χ1n) is 9.49. The van der Waals surface area contributed by atoms with Crippen molar-refractivity contribution >= 4 is 5.70 Å². The summed E-state index contributed by atoms with van der Waals surface area (Å²) < 4.78 is 7.54. The van der Waals surface area contributed by atoms with E-state index in [-0.39, 0.29) is 17.7 Å². The molecule has 7 heteroatoms. The SMILES string of the molecule is C=C(/N=N\C(=C/C)c1ccc(-n2cccn2)cc1O)O[C@H]1C[C@@H](C)N[C@@H](C)C1. The van der Waals surface area contributed by atoms with Crippen molar-refractivity contribution in [1.29, 1.82) is 0 Å². The number of phenolic OH excluding ortho intramolecular Hbond substituents is 1. The van der Waals surface area contributed by atoms with Gasteiger partial charge in [0.25, 0.3) is 0 Å². The number of phenols is 1. The molecule has 2 aromatic rings. The molecule has 28 heavy (non-hydrogen) atoms. The smallest absolute Gasteiger partial charge is 0.226 e. The minimum Gasteiger partial charge on any atom is -0.507 e. The van der Waals surface area contributed by atoms with Gasteiger partial charge >= 0.3 is 0 Å². The van der Waals surface area contributed by atoms with Gasteiger partial charge in [-0.1, -0.05) is 6.08 Å². The van der Waals surface area contributed by atoms with Crippen molar-refractivity contribution in [2.45, 2.75) is 51.8 Å². The Morgan fingerprint density at radius 1 is 1.32 bits per heavy atom. The number of hydrogen-bond acceptors (Lipinski definition) is 6. The van der Waals surface area contributed by atoms with E-state index in [1.807, 2.05) is 25.3 Å². The molecule has 7 nitrogen and oxygen atoms in total. The summed E-state index contributed by atoms with van der Waals surface area (Å²) in [6, 6.07) is 7.92. The molecule has 2 heterocycles. The maximum absolute atomic E-state index is 10.4. The summed E-state index contributed by atoms with van der Waals surface area (Å²) in [7, 11) is 0. The maximum atomic E-state index is 10.4. The first kappa shape index (κ1) is 19.8. The van der Waals surface area contributed by atoms with Gasteiger partial charge in [-0.25, -0.2) is 4.68 Å². The summed E-state index contributed by atoms with van der Waals surface area (Å²) >= 11 is 0. The third-order valence-electron chi connectivity index (χ3n) is 4.67. The molecule has 1 aromatic heterocycles. The number of benzene rings is 1. The van der Waals surface area contributed by atoms with Gasteiger partial charge < -0.3 is 15.2 Å². The van der Waals surface area contributed by atoms with Gasteiger partial charge in [0.05, 0.1) is 11.4 Å². The van der Waals surface area contributed by atoms with Gasteiger partial charge in [0.1, 0.15) is 11.9 Å². The van der Waals surface area contributed by atoms with Gasteiger partial charge in [0.2, 0.25) is 5.88 Å². The number of allylic oxidation sites excluding steroid dienone is 1. The number of azo groups is 1. The molecule has 1 aliphatic heterocycles. The number of aromatic nitrogens is 2. The molecule has 0 aliphatic carbocycles. The van der Waals surface area contributed by atoms with Crippen LogP contribution in [0.1, 0.15) is 39.2 Å². The summed E-state index contributed by atoms with van der Waals surface area (Å²) in [5.74, 6) is 0.380. The largest absolute Gasteiger partial charge is 0.507 e. The average molecular weight is 381 g/mol. The van der Waals surface area contributed by atoms with Crippen LogP contribution in [0.4, 0.5) is 0 Å². The van der Waals surface area contributed by atoms with Gasteiger partial charge in [0.15, 0.2) is 0 Å². The highest BCUT2D eigenvalue weighted by molar-refractivity contribution is 5.70. The predicted octanol–water partition coefficient (Wildman–Crippen LogP) is 4.41. The summed E-state index contributed by atoms with van der Waals surface area (Å²) in [4.78, 5) is 0. The molecule has 0 unspecified atom stereocenters. The highest BCUT2D eigenvalue weighted by atomic mass is 16.5. The molecule has 3 atom stereocenters. The monoisotopic (exact) mass is 381 g/mol. The van der Waals surface area contributed by atoms with Crippen molar-refractivity contribution in [3.8, 4) is 11.4 Å². The zero-order valence-corrected chi connectivity index (χ0v) is 16.5. The highest BCUT2D eigenvalue weighted by Gasteiger charge is 2.24. The van der Waals surface area contributed by atoms with E-state index in [2.05, 4.69) is 41.1 Å². The van der Waals surface area contributed by atoms with Crippen LogP contribution in [0.5, 0.6) is 5.75 Å². The summed E-state index contributed by atoms with van der Waals surface area (Å²) in [5.41, 5.74) is 1.89. The molecular weight excluding hydrogens is 354 g/mol. The van der Waals surface area contributed by atoms with E-state index in [9.17, 15) is 5.11 Å². The quantitative estimate of drug-likeness (QED) is 0.573. The molecule has 3 rings (SSSR count). The predicted molar refractivity (Wildman–Crippen MR) is 109 cm³/mol. The molecule has 148 valence electrons. The lowest BCUT2D eigenvalue weighted by molar-refractivity contribution is 0.0604. The number of piperidine rings is 1. The van der Waals surface area contributed by atoms with E-state index in [1.54, 1.807) is 29.1 Å². The second kappa shape index (κ2) is 8.84. The second-order valence-electron chi connectivity index (χ2n) is 7.10. The fraction of sp³-hybridized carbons (Fsp3) is 0.381. The normalized spacial score (nSPS) is 23.1. The minimum absolute atomic E-state index is 0.0773. The van der Waals surface area contributed by atoms with Crippen molar-refractivity contribution in [2.75, 3.05) is 0 Å². The molecule has 1 saturated heterocycles. The third-order valence-corrected chi connectivity index (χ3v) is 4.67. The topological polar surface area (TPSA) is 84.0 Å². The molecule has 1 aliphatic rings. The Bertz CT molecular complexity index is 863. The lowest BCUT2D eigenvalue weighted by Gasteiger charge is -2.32. The van der Waals surface area contributed by atoms with Crippen LogP contribution in [0, 0.1) is 0 Å². The molecule has 0 amide bonds. The number of nitrogens with zero attached hydrogens (tertiary/aromatic N) is 4. The van der Waals surface area contributed by atoms with Crippen LogP contribution in [0.3, 0.4) is 0 Å². The van der Waals surface area contributed by atoms with Crippen LogP contribution in [0.15, 0.2) is 65.4 Å². The number of nitrogens with one attached hydrogen (secondary N) is 1. The Hall–Kier alpha value is -2.93. The van der Waals surface area contributed by atoms with Gasteiger partial charge in [-0.2, -0.15) is 5.10 Å². The van der Waals surface area contributed by atoms with Gasteiger partial charge in [-0.05, 0) is 58.4 Å². The first-order valence-corrected chi connectivity index (χ1v) is 9.49. The van der Waals surface area contributed by atoms with Crippen LogP contribution in [-0.4, -0.2) is 33.1 Å². The van der Waals surface area contributed by atoms with Crippen molar-refractivity contribution in [2.24, 2.45) is 10.2 Å². The number of hydrogen-bond donors (Lipinski definition) is 2. The summed E-state index contributed by atoms with van der Waals surface area (Å²) in [5, 5.41) is 26.4. The molecule has 2 N–H and O–H groups in total. The maximum Gasteiger partial charge on any atom is 0.226 e. The Morgan fingerprint density at radius 2 is 2.07 bits per heavy atom. The second-order valence-corrected chi connectivity index (χ2v) is 7.10. The molecule has 0 radical (unpaired) electrons. The van der Waals surface area contributed by atoms with Gasteiger partial charge in [-0.3, -0.25) is 0 Å². The standard InChI is InChI=1S/C21H27N5O2/c1-5-20(19-8-7-17(13-21(19)27)26-10-6-9-22-26)25-24-16(4)28-18-11-14(2)23-15(3)12-18/h5-10,13-15,18,23,27H,4,11-12H2,1-3H3/b20-5-,25-24-/t14-,15+,18+. The average Bonchev–Trinajstić information content (AvgIpc) is 3.17. The lowest BCUT2D eigenvalue weighted by Crippen LogP contribution is -2.45. The van der Waals surface area contributed by atoms with E-state index in [0.29, 0.717) is 23.3 Å². The number of rotatable bonds is 6. The van der Waals surface area contributed by atoms with E-state index < -0.39 is 0 Å². The van der Waals surface area contributed by atoms with E-state index in [0.717, 1.165) is 18.5 Å². The zero-order valence-electron chi connectivity index (χ0n) is 16.5. The van der Waals surface area contributed by atoms with E-state index in [4.69, 9.17) is 4.74 Å². The minimum atomic E-state index is 0.0773. The van der Waals surface area contributed by atoms with Crippen molar-refractivity contribution < 1.29 is 9.84 Å². The molecule has 0 spiro atoms. The Kier molecular flexibility index (Phi) is 6.26. The van der Waals surface area contributed by atoms with Crippen LogP contribution >= 0.6 is 0 Å². The van der Waals surface area contributed by atoms with Crippen molar-refractivity contribution in [3.63, 3.8) is 0 Å². The number of aromatic hydroxyl groups is 1. The third kappa shape index (κ3) is 4.86. The van der Waals surface area contributed by atoms with Crippen LogP contribution in [0.2, 0.25) is 0 Å². The van der Waals surface area contributed by atoms with Crippen molar-refractivity contribution in [3.05, 3.63) is 60.8 Å². The first-order chi connectivity index (χ1) is 13.5. The molecule has 1 aromatic carbocycles. The van der Waals surface area contributed by atoms with Gasteiger partial charge in [-0.15, -0.1) is 10.2 Å². The number of ether oxygens (including phenoxy) is 1. The fourth-order valence-corrected chi connectivity index (χ4v) is 3.50. The molecule has 1 fully saturated rings. The van der Waals surface area contributed by atoms with Crippen molar-refractivity contribution in [1.82, 2.24) is 15.1 Å². The Morgan fingerprint density at radius 3 is 2.68 bits per heavy atom. The molecule has 0 bridgehead atoms. The van der Waals surface area contributed by atoms with Crippen LogP contribution < -0.4 is 5.32 Å². The van der Waals surface area contributed by atoms with Gasteiger partial charge in [0, 0.05) is 36.1 Å². The van der Waals surface area contributed by atoms with E-state index >= 15 is 0 Å². The molecule has 0 saturated carbocycles. The van der Waals surface area contributed by atoms with Crippen LogP contribution in [-0.2, 0) is 4.74 Å².